The molecule has 2 atom stereocenters. The quantitative estimate of drug-likeness (QED) is 0.646. The number of nitrogens with one attached hydrogen (secondary N) is 1. The molecular weight excluding hydrogens is 186 g/mol. The van der Waals surface area contributed by atoms with Gasteiger partial charge in [0.15, 0.2) is 0 Å². The van der Waals surface area contributed by atoms with Crippen LogP contribution in [0.5, 0.6) is 0 Å². The van der Waals surface area contributed by atoms with Gasteiger partial charge in [0, 0.05) is 0 Å². The topological polar surface area (TPSA) is 71.1 Å². The van der Waals surface area contributed by atoms with Gasteiger partial charge in [-0.15, -0.1) is 0 Å². The molecule has 14 heavy (non-hydrogen) atoms. The first-order chi connectivity index (χ1) is 6.42. The fraction of sp³-hybridized carbons (Fsp3) is 0.889. The van der Waals surface area contributed by atoms with E-state index in [9.17, 15) is 4.79 Å². The Bertz CT molecular complexity index is 207. The molecule has 2 unspecified atom stereocenters. The SMILES string of the molecule is CC(C)(C)OC(=O)NC(CO)C1CO1. The van der Waals surface area contributed by atoms with Gasteiger partial charge in [0.1, 0.15) is 11.7 Å². The summed E-state index contributed by atoms with van der Waals surface area (Å²) in [6, 6.07) is -0.357. The van der Waals surface area contributed by atoms with Crippen molar-refractivity contribution in [3.05, 3.63) is 0 Å². The number of carbonyl (C=O) groups excluding carboxylic acids is 1. The zero-order valence-corrected chi connectivity index (χ0v) is 8.74. The summed E-state index contributed by atoms with van der Waals surface area (Å²) in [6.45, 7) is 5.81. The number of carbonyl (C=O) groups is 1. The van der Waals surface area contributed by atoms with Crippen LogP contribution in [0.1, 0.15) is 20.8 Å². The highest BCUT2D eigenvalue weighted by Crippen LogP contribution is 2.14. The number of alkyl carbamates (subject to hydrolysis) is 1. The molecule has 0 aromatic carbocycles. The number of aliphatic hydroxyl groups is 1. The van der Waals surface area contributed by atoms with Gasteiger partial charge in [-0.2, -0.15) is 0 Å². The third-order valence-corrected chi connectivity index (χ3v) is 1.71. The third kappa shape index (κ3) is 3.93. The minimum absolute atomic E-state index is 0.0625. The molecular formula is C9H17NO4. The number of hydrogen-bond donors (Lipinski definition) is 2. The predicted octanol–water partition coefficient (Wildman–Crippen LogP) is 0.271. The molecule has 1 amide bonds. The van der Waals surface area contributed by atoms with Crippen LogP contribution < -0.4 is 5.32 Å². The molecule has 1 fully saturated rings. The summed E-state index contributed by atoms with van der Waals surface area (Å²) in [5, 5.41) is 11.5. The average molecular weight is 203 g/mol. The molecule has 5 nitrogen and oxygen atoms in total. The van der Waals surface area contributed by atoms with Crippen LogP contribution in [0, 0.1) is 0 Å². The van der Waals surface area contributed by atoms with Crippen LogP contribution in [0.2, 0.25) is 0 Å². The molecule has 0 bridgehead atoms. The van der Waals surface area contributed by atoms with E-state index in [4.69, 9.17) is 14.6 Å². The first-order valence-corrected chi connectivity index (χ1v) is 4.64. The van der Waals surface area contributed by atoms with Gasteiger partial charge >= 0.3 is 6.09 Å². The lowest BCUT2D eigenvalue weighted by Gasteiger charge is -2.21. The number of hydrogen-bond acceptors (Lipinski definition) is 4. The summed E-state index contributed by atoms with van der Waals surface area (Å²) in [5.74, 6) is 0. The molecule has 1 aliphatic rings. The van der Waals surface area contributed by atoms with Crippen molar-refractivity contribution in [2.75, 3.05) is 13.2 Å². The highest BCUT2D eigenvalue weighted by molar-refractivity contribution is 5.68. The average Bonchev–Trinajstić information content (AvgIpc) is 2.78. The van der Waals surface area contributed by atoms with E-state index in [0.717, 1.165) is 0 Å². The van der Waals surface area contributed by atoms with Crippen LogP contribution in [0.15, 0.2) is 0 Å². The maximum atomic E-state index is 11.3. The van der Waals surface area contributed by atoms with Crippen molar-refractivity contribution in [3.63, 3.8) is 0 Å². The second kappa shape index (κ2) is 4.14. The molecule has 0 aromatic heterocycles. The zero-order chi connectivity index (χ0) is 10.8. The Morgan fingerprint density at radius 1 is 1.71 bits per heavy atom. The van der Waals surface area contributed by atoms with E-state index in [1.54, 1.807) is 20.8 Å². The maximum Gasteiger partial charge on any atom is 0.408 e. The fourth-order valence-electron chi connectivity index (χ4n) is 1.00. The Morgan fingerprint density at radius 3 is 2.64 bits per heavy atom. The van der Waals surface area contributed by atoms with Crippen molar-refractivity contribution in [1.29, 1.82) is 0 Å². The van der Waals surface area contributed by atoms with Gasteiger partial charge in [-0.3, -0.25) is 0 Å². The van der Waals surface area contributed by atoms with E-state index in [-0.39, 0.29) is 18.8 Å². The summed E-state index contributed by atoms with van der Waals surface area (Å²) in [6.07, 6.45) is -0.584. The Kier molecular flexibility index (Phi) is 3.34. The first-order valence-electron chi connectivity index (χ1n) is 4.64. The Hall–Kier alpha value is -0.810. The predicted molar refractivity (Wildman–Crippen MR) is 50.0 cm³/mol. The normalized spacial score (nSPS) is 22.7. The summed E-state index contributed by atoms with van der Waals surface area (Å²) in [4.78, 5) is 11.3. The number of epoxide rings is 1. The van der Waals surface area contributed by atoms with Crippen molar-refractivity contribution in [1.82, 2.24) is 5.32 Å². The van der Waals surface area contributed by atoms with Gasteiger partial charge in [-0.25, -0.2) is 4.79 Å². The van der Waals surface area contributed by atoms with Gasteiger partial charge in [0.25, 0.3) is 0 Å². The first kappa shape index (κ1) is 11.3. The van der Waals surface area contributed by atoms with Crippen LogP contribution in [0.4, 0.5) is 4.79 Å². The molecule has 0 aliphatic carbocycles. The molecule has 0 radical (unpaired) electrons. The van der Waals surface area contributed by atoms with E-state index >= 15 is 0 Å². The van der Waals surface area contributed by atoms with Crippen molar-refractivity contribution in [3.8, 4) is 0 Å². The van der Waals surface area contributed by atoms with Crippen LogP contribution >= 0.6 is 0 Å². The minimum Gasteiger partial charge on any atom is -0.444 e. The molecule has 5 heteroatoms. The number of aliphatic hydroxyl groups excluding tert-OH is 1. The van der Waals surface area contributed by atoms with E-state index in [1.807, 2.05) is 0 Å². The van der Waals surface area contributed by atoms with Crippen LogP contribution in [0.3, 0.4) is 0 Å². The molecule has 1 rings (SSSR count). The van der Waals surface area contributed by atoms with Crippen molar-refractivity contribution in [2.45, 2.75) is 38.5 Å². The zero-order valence-electron chi connectivity index (χ0n) is 8.74. The summed E-state index contributed by atoms with van der Waals surface area (Å²) < 4.78 is 9.99. The molecule has 82 valence electrons. The Morgan fingerprint density at radius 2 is 2.29 bits per heavy atom. The van der Waals surface area contributed by atoms with E-state index in [2.05, 4.69) is 5.32 Å². The molecule has 1 heterocycles. The molecule has 0 aromatic rings. The molecule has 1 saturated heterocycles. The maximum absolute atomic E-state index is 11.3. The lowest BCUT2D eigenvalue weighted by molar-refractivity contribution is 0.0469. The number of rotatable bonds is 3. The Labute approximate surface area is 83.4 Å². The second-order valence-corrected chi connectivity index (χ2v) is 4.31. The van der Waals surface area contributed by atoms with E-state index in [0.29, 0.717) is 6.61 Å². The monoisotopic (exact) mass is 203 g/mol. The standard InChI is InChI=1S/C9H17NO4/c1-9(2,3)14-8(12)10-6(4-11)7-5-13-7/h6-7,11H,4-5H2,1-3H3,(H,10,12). The lowest BCUT2D eigenvalue weighted by atomic mass is 10.2. The molecule has 0 spiro atoms. The second-order valence-electron chi connectivity index (χ2n) is 4.31. The van der Waals surface area contributed by atoms with Crippen molar-refractivity contribution in [2.24, 2.45) is 0 Å². The van der Waals surface area contributed by atoms with Crippen LogP contribution in [-0.4, -0.2) is 42.2 Å². The summed E-state index contributed by atoms with van der Waals surface area (Å²) in [5.41, 5.74) is -0.519. The Balaban J connectivity index is 2.31. The molecule has 1 aliphatic heterocycles. The van der Waals surface area contributed by atoms with Gasteiger partial charge in [-0.1, -0.05) is 0 Å². The number of amides is 1. The number of ether oxygens (including phenoxy) is 2. The fourth-order valence-corrected chi connectivity index (χ4v) is 1.00. The molecule has 2 N–H and O–H groups in total. The molecule has 0 saturated carbocycles. The largest absolute Gasteiger partial charge is 0.444 e. The third-order valence-electron chi connectivity index (χ3n) is 1.71. The summed E-state index contributed by atoms with van der Waals surface area (Å²) in [7, 11) is 0. The van der Waals surface area contributed by atoms with Gasteiger partial charge in [-0.05, 0) is 20.8 Å². The van der Waals surface area contributed by atoms with Crippen LogP contribution in [-0.2, 0) is 9.47 Å². The van der Waals surface area contributed by atoms with Crippen molar-refractivity contribution < 1.29 is 19.4 Å². The van der Waals surface area contributed by atoms with E-state index < -0.39 is 11.7 Å². The van der Waals surface area contributed by atoms with Gasteiger partial charge in [0.2, 0.25) is 0 Å². The lowest BCUT2D eigenvalue weighted by Crippen LogP contribution is -2.44. The highest BCUT2D eigenvalue weighted by Gasteiger charge is 2.34. The highest BCUT2D eigenvalue weighted by atomic mass is 16.6. The van der Waals surface area contributed by atoms with E-state index in [1.165, 1.54) is 0 Å². The van der Waals surface area contributed by atoms with Gasteiger partial charge < -0.3 is 19.9 Å². The van der Waals surface area contributed by atoms with Crippen molar-refractivity contribution >= 4 is 6.09 Å². The smallest absolute Gasteiger partial charge is 0.408 e. The minimum atomic E-state index is -0.521. The summed E-state index contributed by atoms with van der Waals surface area (Å²) >= 11 is 0. The van der Waals surface area contributed by atoms with Crippen LogP contribution in [0.25, 0.3) is 0 Å². The van der Waals surface area contributed by atoms with Gasteiger partial charge in [0.05, 0.1) is 19.3 Å².